The molecular weight excluding hydrogens is 381 g/mol. The molecule has 2 heteroatoms. The van der Waals surface area contributed by atoms with Crippen molar-refractivity contribution in [1.29, 1.82) is 0 Å². The van der Waals surface area contributed by atoms with Crippen molar-refractivity contribution in [2.24, 2.45) is 40.4 Å². The van der Waals surface area contributed by atoms with E-state index < -0.39 is 0 Å². The van der Waals surface area contributed by atoms with Gasteiger partial charge in [0.05, 0.1) is 0 Å². The summed E-state index contributed by atoms with van der Waals surface area (Å²) in [5, 5.41) is 3.92. The normalized spacial score (nSPS) is 45.2. The highest BCUT2D eigenvalue weighted by atomic mass is 31.0. The molecule has 9 unspecified atom stereocenters. The highest BCUT2D eigenvalue weighted by molar-refractivity contribution is 7.15. The maximum absolute atomic E-state index is 3.92. The molecule has 0 amide bonds. The van der Waals surface area contributed by atoms with E-state index in [9.17, 15) is 0 Å². The molecule has 4 rings (SSSR count). The fraction of sp³-hybridized carbons (Fsp3) is 0.929. The van der Waals surface area contributed by atoms with E-state index in [1.807, 2.05) is 6.66 Å². The Labute approximate surface area is 191 Å². The molecule has 1 heterocycles. The number of fused-ring (bicyclic) bond motifs is 3. The van der Waals surface area contributed by atoms with Crippen LogP contribution in [0.3, 0.4) is 0 Å². The van der Waals surface area contributed by atoms with E-state index in [-0.39, 0.29) is 0 Å². The summed E-state index contributed by atoms with van der Waals surface area (Å²) in [7, 11) is 2.42. The Hall–Kier alpha value is 0.130. The maximum atomic E-state index is 3.92. The molecule has 30 heavy (non-hydrogen) atoms. The molecule has 0 aromatic rings. The Morgan fingerprint density at radius 2 is 1.67 bits per heavy atom. The van der Waals surface area contributed by atoms with Crippen LogP contribution in [0.15, 0.2) is 11.6 Å². The average Bonchev–Trinajstić information content (AvgIpc) is 3.34. The zero-order valence-corrected chi connectivity index (χ0v) is 22.3. The number of hydrogen-bond donors (Lipinski definition) is 1. The van der Waals surface area contributed by atoms with Crippen LogP contribution in [0.2, 0.25) is 0 Å². The minimum absolute atomic E-state index is 0.586. The minimum Gasteiger partial charge on any atom is -0.306 e. The van der Waals surface area contributed by atoms with Gasteiger partial charge in [0.2, 0.25) is 0 Å². The van der Waals surface area contributed by atoms with Crippen LogP contribution in [0.4, 0.5) is 0 Å². The van der Waals surface area contributed by atoms with Gasteiger partial charge in [0.1, 0.15) is 0 Å². The number of hydrogen-bond acceptors (Lipinski definition) is 1. The molecule has 3 saturated carbocycles. The van der Waals surface area contributed by atoms with Gasteiger partial charge in [-0.15, -0.1) is 9.24 Å². The Kier molecular flexibility index (Phi) is 8.57. The molecule has 1 aliphatic heterocycles. The largest absolute Gasteiger partial charge is 0.306 e. The van der Waals surface area contributed by atoms with Gasteiger partial charge >= 0.3 is 0 Å². The molecule has 0 aromatic carbocycles. The van der Waals surface area contributed by atoms with Crippen molar-refractivity contribution in [2.45, 2.75) is 111 Å². The summed E-state index contributed by atoms with van der Waals surface area (Å²) in [5.41, 5.74) is 2.89. The van der Waals surface area contributed by atoms with E-state index >= 15 is 0 Å². The van der Waals surface area contributed by atoms with Crippen LogP contribution in [0.5, 0.6) is 0 Å². The van der Waals surface area contributed by atoms with Crippen LogP contribution in [-0.4, -0.2) is 19.3 Å². The van der Waals surface area contributed by atoms with Crippen LogP contribution in [0.25, 0.3) is 0 Å². The van der Waals surface area contributed by atoms with Crippen molar-refractivity contribution in [1.82, 2.24) is 5.32 Å². The summed E-state index contributed by atoms with van der Waals surface area (Å²) in [4.78, 5) is 0. The standard InChI is InChI=1S/C27H47N.CH5P/c1-6-9-19-17-25(28-18-19)24-13-12-22-21-11-10-20(8-3)26(4,15-7-2)23(21)14-16-27(22,24)5;1-2/h17,20-25,28H,6-16,18H2,1-5H3;2H2,1H3. The molecule has 3 fully saturated rings. The van der Waals surface area contributed by atoms with Crippen molar-refractivity contribution in [3.63, 3.8) is 0 Å². The quantitative estimate of drug-likeness (QED) is 0.332. The third-order valence-corrected chi connectivity index (χ3v) is 10.4. The summed E-state index contributed by atoms with van der Waals surface area (Å²) < 4.78 is 0. The molecule has 1 nitrogen and oxygen atoms in total. The van der Waals surface area contributed by atoms with E-state index in [0.29, 0.717) is 16.9 Å². The third-order valence-electron chi connectivity index (χ3n) is 10.4. The molecule has 0 spiro atoms. The molecule has 9 atom stereocenters. The summed E-state index contributed by atoms with van der Waals surface area (Å²) in [6.45, 7) is 15.7. The lowest BCUT2D eigenvalue weighted by Gasteiger charge is -2.59. The molecule has 0 aromatic heterocycles. The fourth-order valence-electron chi connectivity index (χ4n) is 9.14. The molecule has 4 aliphatic rings. The van der Waals surface area contributed by atoms with Crippen LogP contribution >= 0.6 is 9.24 Å². The molecule has 1 N–H and O–H groups in total. The van der Waals surface area contributed by atoms with Crippen molar-refractivity contribution in [2.75, 3.05) is 13.2 Å². The summed E-state index contributed by atoms with van der Waals surface area (Å²) >= 11 is 0. The molecule has 3 aliphatic carbocycles. The van der Waals surface area contributed by atoms with Crippen molar-refractivity contribution in [3.8, 4) is 0 Å². The highest BCUT2D eigenvalue weighted by Crippen LogP contribution is 2.67. The van der Waals surface area contributed by atoms with Gasteiger partial charge in [-0.05, 0) is 91.8 Å². The molecule has 0 radical (unpaired) electrons. The maximum Gasteiger partial charge on any atom is 0.0289 e. The van der Waals surface area contributed by atoms with E-state index in [4.69, 9.17) is 0 Å². The molecule has 174 valence electrons. The first kappa shape index (κ1) is 24.8. The second kappa shape index (κ2) is 10.4. The Balaban J connectivity index is 0.00000124. The van der Waals surface area contributed by atoms with Crippen LogP contribution in [0, 0.1) is 40.4 Å². The van der Waals surface area contributed by atoms with Gasteiger partial charge in [-0.2, -0.15) is 0 Å². The Morgan fingerprint density at radius 1 is 0.933 bits per heavy atom. The van der Waals surface area contributed by atoms with Crippen molar-refractivity contribution in [3.05, 3.63) is 11.6 Å². The number of nitrogens with one attached hydrogen (secondary N) is 1. The van der Waals surface area contributed by atoms with Crippen LogP contribution < -0.4 is 5.32 Å². The second-order valence-corrected chi connectivity index (χ2v) is 11.5. The number of rotatable bonds is 6. The second-order valence-electron chi connectivity index (χ2n) is 11.5. The van der Waals surface area contributed by atoms with Crippen LogP contribution in [-0.2, 0) is 0 Å². The zero-order chi connectivity index (χ0) is 21.9. The van der Waals surface area contributed by atoms with Gasteiger partial charge in [0, 0.05) is 12.6 Å². The van der Waals surface area contributed by atoms with Gasteiger partial charge in [-0.3, -0.25) is 0 Å². The third kappa shape index (κ3) is 4.21. The summed E-state index contributed by atoms with van der Waals surface area (Å²) in [6, 6.07) is 0.669. The predicted molar refractivity (Wildman–Crippen MR) is 137 cm³/mol. The molecule has 0 saturated heterocycles. The monoisotopic (exact) mass is 433 g/mol. The minimum atomic E-state index is 0.586. The Bertz CT molecular complexity index is 585. The van der Waals surface area contributed by atoms with Crippen molar-refractivity contribution < 1.29 is 0 Å². The van der Waals surface area contributed by atoms with E-state index in [0.717, 1.165) is 36.1 Å². The lowest BCUT2D eigenvalue weighted by molar-refractivity contribution is -0.101. The van der Waals surface area contributed by atoms with Gasteiger partial charge in [-0.25, -0.2) is 0 Å². The topological polar surface area (TPSA) is 12.0 Å². The zero-order valence-electron chi connectivity index (χ0n) is 21.1. The van der Waals surface area contributed by atoms with E-state index in [1.165, 1.54) is 70.6 Å². The average molecular weight is 434 g/mol. The van der Waals surface area contributed by atoms with E-state index in [2.05, 4.69) is 55.3 Å². The molecule has 0 bridgehead atoms. The summed E-state index contributed by atoms with van der Waals surface area (Å²) in [6.07, 6.45) is 18.5. The first-order valence-corrected chi connectivity index (χ1v) is 14.6. The smallest absolute Gasteiger partial charge is 0.0289 e. The van der Waals surface area contributed by atoms with Crippen LogP contribution in [0.1, 0.15) is 105 Å². The van der Waals surface area contributed by atoms with Crippen molar-refractivity contribution >= 4 is 9.24 Å². The highest BCUT2D eigenvalue weighted by Gasteiger charge is 2.59. The van der Waals surface area contributed by atoms with Gasteiger partial charge < -0.3 is 5.32 Å². The van der Waals surface area contributed by atoms with Gasteiger partial charge in [-0.1, -0.05) is 72.2 Å². The lowest BCUT2D eigenvalue weighted by Crippen LogP contribution is -2.53. The van der Waals surface area contributed by atoms with E-state index in [1.54, 1.807) is 5.57 Å². The van der Waals surface area contributed by atoms with Gasteiger partial charge in [0.15, 0.2) is 0 Å². The first-order valence-electron chi connectivity index (χ1n) is 13.5. The fourth-order valence-corrected chi connectivity index (χ4v) is 9.14. The summed E-state index contributed by atoms with van der Waals surface area (Å²) in [5.74, 6) is 4.88. The lowest BCUT2D eigenvalue weighted by atomic mass is 9.46. The SMILES string of the molecule is CCCC1=CC(C2CCC3C4CCC(CC)C(C)(CCC)C4CCC23C)NC1.CP. The Morgan fingerprint density at radius 3 is 2.33 bits per heavy atom. The van der Waals surface area contributed by atoms with Gasteiger partial charge in [0.25, 0.3) is 0 Å². The predicted octanol–water partition coefficient (Wildman–Crippen LogP) is 7.86. The first-order chi connectivity index (χ1) is 14.5. The molecular formula is C28H52NP.